The number of imidazole rings is 2. The molecule has 0 N–H and O–H groups in total. The zero-order valence-corrected chi connectivity index (χ0v) is 17.7. The summed E-state index contributed by atoms with van der Waals surface area (Å²) in [6.45, 7) is 0. The third-order valence-corrected chi connectivity index (χ3v) is 5.60. The molecule has 0 saturated carbocycles. The predicted molar refractivity (Wildman–Crippen MR) is 118 cm³/mol. The lowest BCUT2D eigenvalue weighted by Crippen LogP contribution is -2.05. The molecule has 0 unspecified atom stereocenters. The third-order valence-electron chi connectivity index (χ3n) is 5.04. The van der Waals surface area contributed by atoms with Crippen LogP contribution in [0.1, 0.15) is 5.56 Å². The van der Waals surface area contributed by atoms with Crippen molar-refractivity contribution < 1.29 is 13.2 Å². The maximum absolute atomic E-state index is 13.0. The molecule has 32 heavy (non-hydrogen) atoms. The summed E-state index contributed by atoms with van der Waals surface area (Å²) in [6.07, 6.45) is 0.697. The van der Waals surface area contributed by atoms with E-state index in [0.717, 1.165) is 12.1 Å². The fraction of sp³-hybridized carbons (Fsp3) is 0.0435. The first kappa shape index (κ1) is 20.6. The molecule has 0 aliphatic rings. The molecule has 5 aromatic rings. The van der Waals surface area contributed by atoms with E-state index in [4.69, 9.17) is 28.2 Å². The van der Waals surface area contributed by atoms with E-state index in [1.54, 1.807) is 35.2 Å². The van der Waals surface area contributed by atoms with Crippen molar-refractivity contribution >= 4 is 28.8 Å². The molecule has 0 aliphatic heterocycles. The van der Waals surface area contributed by atoms with Crippen LogP contribution in [0.2, 0.25) is 10.0 Å². The molecule has 5 rings (SSSR count). The Morgan fingerprint density at radius 2 is 1.66 bits per heavy atom. The molecule has 0 amide bonds. The van der Waals surface area contributed by atoms with Crippen LogP contribution in [0.5, 0.6) is 0 Å². The van der Waals surface area contributed by atoms with E-state index in [2.05, 4.69) is 4.98 Å². The monoisotopic (exact) mass is 472 g/mol. The number of pyridine rings is 1. The molecular formula is C23H13Cl2F3N4. The van der Waals surface area contributed by atoms with Crippen molar-refractivity contribution in [1.29, 1.82) is 0 Å². The van der Waals surface area contributed by atoms with Crippen molar-refractivity contribution in [2.45, 2.75) is 6.18 Å². The fourth-order valence-electron chi connectivity index (χ4n) is 3.57. The van der Waals surface area contributed by atoms with Crippen molar-refractivity contribution in [3.63, 3.8) is 0 Å². The highest BCUT2D eigenvalue weighted by atomic mass is 35.5. The minimum Gasteiger partial charge on any atom is -0.298 e. The number of hydrogen-bond acceptors (Lipinski definition) is 2. The standard InChI is InChI=1S/C23H13Cl2F3N4/c24-15-6-9-18(25)17(13-15)20-21(32-11-2-1-3-19(32)30-20)22-29-10-12-31(22)16-7-4-14(5-8-16)23(26,27)28/h1-13H. The van der Waals surface area contributed by atoms with E-state index >= 15 is 0 Å². The molecule has 0 fully saturated rings. The predicted octanol–water partition coefficient (Wildman–Crippen LogP) is 7.18. The van der Waals surface area contributed by atoms with Crippen LogP contribution in [0, 0.1) is 0 Å². The summed E-state index contributed by atoms with van der Waals surface area (Å²) in [5.41, 5.74) is 2.29. The summed E-state index contributed by atoms with van der Waals surface area (Å²) in [5, 5.41) is 0.963. The largest absolute Gasteiger partial charge is 0.416 e. The van der Waals surface area contributed by atoms with Crippen LogP contribution >= 0.6 is 23.2 Å². The summed E-state index contributed by atoms with van der Waals surface area (Å²) in [4.78, 5) is 9.24. The number of halogens is 5. The van der Waals surface area contributed by atoms with E-state index in [0.29, 0.717) is 44.2 Å². The Balaban J connectivity index is 1.74. The Morgan fingerprint density at radius 1 is 0.875 bits per heavy atom. The van der Waals surface area contributed by atoms with Gasteiger partial charge < -0.3 is 0 Å². The second-order valence-corrected chi connectivity index (χ2v) is 7.87. The molecule has 0 atom stereocenters. The van der Waals surface area contributed by atoms with Gasteiger partial charge in [-0.3, -0.25) is 8.97 Å². The average Bonchev–Trinajstić information content (AvgIpc) is 3.39. The molecule has 0 spiro atoms. The second-order valence-electron chi connectivity index (χ2n) is 7.03. The van der Waals surface area contributed by atoms with E-state index in [-0.39, 0.29) is 0 Å². The number of benzene rings is 2. The lowest BCUT2D eigenvalue weighted by molar-refractivity contribution is -0.137. The maximum Gasteiger partial charge on any atom is 0.416 e. The highest BCUT2D eigenvalue weighted by Crippen LogP contribution is 2.38. The van der Waals surface area contributed by atoms with E-state index < -0.39 is 11.7 Å². The van der Waals surface area contributed by atoms with Gasteiger partial charge in [-0.15, -0.1) is 0 Å². The van der Waals surface area contributed by atoms with Gasteiger partial charge in [-0.05, 0) is 54.6 Å². The van der Waals surface area contributed by atoms with Crippen LogP contribution in [0.4, 0.5) is 13.2 Å². The number of nitrogens with zero attached hydrogens (tertiary/aromatic N) is 4. The van der Waals surface area contributed by atoms with Crippen molar-refractivity contribution in [1.82, 2.24) is 18.9 Å². The summed E-state index contributed by atoms with van der Waals surface area (Å²) in [6, 6.07) is 15.6. The molecule has 0 saturated heterocycles. The smallest absolute Gasteiger partial charge is 0.298 e. The van der Waals surface area contributed by atoms with E-state index in [1.807, 2.05) is 28.8 Å². The maximum atomic E-state index is 13.0. The summed E-state index contributed by atoms with van der Waals surface area (Å²) >= 11 is 12.7. The molecule has 160 valence electrons. The van der Waals surface area contributed by atoms with Gasteiger partial charge >= 0.3 is 6.18 Å². The Morgan fingerprint density at radius 3 is 2.41 bits per heavy atom. The Hall–Kier alpha value is -3.29. The molecule has 3 aromatic heterocycles. The third kappa shape index (κ3) is 3.53. The van der Waals surface area contributed by atoms with Gasteiger partial charge in [0.05, 0.1) is 10.6 Å². The van der Waals surface area contributed by atoms with E-state index in [1.165, 1.54) is 12.1 Å². The van der Waals surface area contributed by atoms with Crippen molar-refractivity contribution in [3.05, 3.63) is 94.9 Å². The molecule has 9 heteroatoms. The van der Waals surface area contributed by atoms with Crippen LogP contribution in [-0.2, 0) is 6.18 Å². The quantitative estimate of drug-likeness (QED) is 0.278. The Labute approximate surface area is 190 Å². The number of aromatic nitrogens is 4. The van der Waals surface area contributed by atoms with Crippen molar-refractivity contribution in [3.8, 4) is 28.5 Å². The van der Waals surface area contributed by atoms with Crippen LogP contribution < -0.4 is 0 Å². The highest BCUT2D eigenvalue weighted by molar-refractivity contribution is 6.35. The van der Waals surface area contributed by atoms with Crippen LogP contribution in [0.15, 0.2) is 79.3 Å². The molecule has 0 aliphatic carbocycles. The Bertz CT molecular complexity index is 1440. The number of fused-ring (bicyclic) bond motifs is 1. The van der Waals surface area contributed by atoms with Gasteiger partial charge in [0, 0.05) is 34.9 Å². The van der Waals surface area contributed by atoms with Crippen LogP contribution in [0.3, 0.4) is 0 Å². The topological polar surface area (TPSA) is 35.1 Å². The first-order valence-corrected chi connectivity index (χ1v) is 10.2. The normalized spacial score (nSPS) is 11.9. The van der Waals surface area contributed by atoms with Gasteiger partial charge in [-0.2, -0.15) is 13.2 Å². The molecule has 2 aromatic carbocycles. The van der Waals surface area contributed by atoms with Crippen molar-refractivity contribution in [2.24, 2.45) is 0 Å². The van der Waals surface area contributed by atoms with Gasteiger partial charge in [0.1, 0.15) is 17.0 Å². The highest BCUT2D eigenvalue weighted by Gasteiger charge is 2.30. The SMILES string of the molecule is FC(F)(F)c1ccc(-n2ccnc2-c2c(-c3cc(Cl)ccc3Cl)nc3ccccn23)cc1. The summed E-state index contributed by atoms with van der Waals surface area (Å²) in [7, 11) is 0. The minimum absolute atomic E-state index is 0.465. The average molecular weight is 473 g/mol. The van der Waals surface area contributed by atoms with Gasteiger partial charge in [-0.25, -0.2) is 9.97 Å². The second kappa shape index (κ2) is 7.69. The number of alkyl halides is 3. The molecule has 0 radical (unpaired) electrons. The van der Waals surface area contributed by atoms with Crippen molar-refractivity contribution in [2.75, 3.05) is 0 Å². The zero-order chi connectivity index (χ0) is 22.5. The molecule has 4 nitrogen and oxygen atoms in total. The lowest BCUT2D eigenvalue weighted by Gasteiger charge is -2.12. The fourth-order valence-corrected chi connectivity index (χ4v) is 3.95. The Kier molecular flexibility index (Phi) is 4.95. The van der Waals surface area contributed by atoms with Crippen LogP contribution in [0.25, 0.3) is 34.1 Å². The first-order valence-electron chi connectivity index (χ1n) is 9.47. The number of rotatable bonds is 3. The lowest BCUT2D eigenvalue weighted by atomic mass is 10.1. The molecule has 0 bridgehead atoms. The first-order chi connectivity index (χ1) is 15.3. The van der Waals surface area contributed by atoms with Crippen LogP contribution in [-0.4, -0.2) is 18.9 Å². The molecule has 3 heterocycles. The van der Waals surface area contributed by atoms with E-state index in [9.17, 15) is 13.2 Å². The van der Waals surface area contributed by atoms with Gasteiger partial charge in [0.15, 0.2) is 5.82 Å². The summed E-state index contributed by atoms with van der Waals surface area (Å²) < 4.78 is 42.6. The van der Waals surface area contributed by atoms with Gasteiger partial charge in [0.2, 0.25) is 0 Å². The zero-order valence-electron chi connectivity index (χ0n) is 16.2. The van der Waals surface area contributed by atoms with Gasteiger partial charge in [0.25, 0.3) is 0 Å². The van der Waals surface area contributed by atoms with Gasteiger partial charge in [-0.1, -0.05) is 29.3 Å². The minimum atomic E-state index is -4.41. The summed E-state index contributed by atoms with van der Waals surface area (Å²) in [5.74, 6) is 0.495. The molecular weight excluding hydrogens is 460 g/mol. The number of hydrogen-bond donors (Lipinski definition) is 0.